The fraction of sp³-hybridized carbons (Fsp3) is 0.500. The molecular weight excluding hydrogens is 112 g/mol. The molecule has 4 nitrogen and oxygen atoms in total. The number of nitrogens with one attached hydrogen (secondary N) is 3. The molecule has 0 aromatic rings. The van der Waals surface area contributed by atoms with Crippen molar-refractivity contribution >= 4 is 17.3 Å². The molecule has 0 heterocycles. The van der Waals surface area contributed by atoms with Gasteiger partial charge < -0.3 is 0 Å². The van der Waals surface area contributed by atoms with Crippen LogP contribution >= 0.6 is 12.2 Å². The predicted octanol–water partition coefficient (Wildman–Crippen LogP) is 0.0263. The predicted molar refractivity (Wildman–Crippen MR) is 29.9 cm³/mol. The van der Waals surface area contributed by atoms with Crippen LogP contribution in [0.25, 0.3) is 0 Å². The number of hydrazine groups is 1. The summed E-state index contributed by atoms with van der Waals surface area (Å²) in [6.07, 6.45) is 0. The first-order valence-electron chi connectivity index (χ1n) is 1.65. The van der Waals surface area contributed by atoms with Crippen molar-refractivity contribution in [1.82, 2.24) is 10.9 Å². The lowest BCUT2D eigenvalue weighted by molar-refractivity contribution is 0.766. The molecule has 5 heteroatoms. The van der Waals surface area contributed by atoms with E-state index in [2.05, 4.69) is 28.2 Å². The van der Waals surface area contributed by atoms with Gasteiger partial charge in [0.05, 0.1) is 0 Å². The minimum absolute atomic E-state index is 0.141. The Kier molecular flexibility index (Phi) is 3.35. The van der Waals surface area contributed by atoms with Gasteiger partial charge in [-0.15, -0.1) is 5.11 Å². The Morgan fingerprint density at radius 2 is 2.43 bits per heavy atom. The second-order valence-corrected chi connectivity index (χ2v) is 1.18. The zero-order valence-corrected chi connectivity index (χ0v) is 4.67. The number of hydrogen-bond donors (Lipinski definition) is 3. The molecule has 0 fully saturated rings. The van der Waals surface area contributed by atoms with Gasteiger partial charge >= 0.3 is 0 Å². The monoisotopic (exact) mass is 118 g/mol. The highest BCUT2D eigenvalue weighted by Crippen LogP contribution is 1.65. The average Bonchev–Trinajstić information content (AvgIpc) is 1.68. The summed E-state index contributed by atoms with van der Waals surface area (Å²) in [6, 6.07) is 0. The molecule has 0 spiro atoms. The van der Waals surface area contributed by atoms with Crippen LogP contribution in [0.2, 0.25) is 0 Å². The maximum atomic E-state index is 6.29. The number of thiocarbonyl (C=S) groups is 1. The minimum Gasteiger partial charge on any atom is -0.295 e. The Morgan fingerprint density at radius 1 is 1.86 bits per heavy atom. The van der Waals surface area contributed by atoms with E-state index < -0.39 is 0 Å². The van der Waals surface area contributed by atoms with E-state index in [9.17, 15) is 0 Å². The molecule has 0 aliphatic heterocycles. The quantitative estimate of drug-likeness (QED) is 0.258. The Hall–Kier alpha value is -0.550. The third kappa shape index (κ3) is 3.28. The van der Waals surface area contributed by atoms with E-state index in [4.69, 9.17) is 5.53 Å². The van der Waals surface area contributed by atoms with E-state index >= 15 is 0 Å². The number of rotatable bonds is 1. The van der Waals surface area contributed by atoms with Crippen LogP contribution in [-0.4, -0.2) is 12.2 Å². The summed E-state index contributed by atoms with van der Waals surface area (Å²) in [5.41, 5.74) is 11.2. The topological polar surface area (TPSA) is 60.3 Å². The van der Waals surface area contributed by atoms with E-state index in [1.54, 1.807) is 7.05 Å². The fourth-order valence-corrected chi connectivity index (χ4v) is 0.237. The van der Waals surface area contributed by atoms with Gasteiger partial charge in [-0.2, -0.15) is 0 Å². The van der Waals surface area contributed by atoms with Crippen LogP contribution in [0, 0.1) is 5.53 Å². The molecule has 0 saturated heterocycles. The normalized spacial score (nSPS) is 7.57. The van der Waals surface area contributed by atoms with Gasteiger partial charge in [0.15, 0.2) is 0 Å². The molecule has 0 atom stereocenters. The SMILES string of the molecule is CNNC(=S)N=N. The standard InChI is InChI=1S/C2H6N4S/c1-4-6-2(7)5-3/h3-4H,1H3,(H,6,7). The molecular formula is C2H6N4S. The summed E-state index contributed by atoms with van der Waals surface area (Å²) >= 11 is 4.43. The lowest BCUT2D eigenvalue weighted by Crippen LogP contribution is -2.31. The summed E-state index contributed by atoms with van der Waals surface area (Å²) in [7, 11) is 1.65. The van der Waals surface area contributed by atoms with Gasteiger partial charge in [0.1, 0.15) is 0 Å². The zero-order valence-electron chi connectivity index (χ0n) is 3.86. The Bertz CT molecular complexity index is 79.8. The van der Waals surface area contributed by atoms with Crippen molar-refractivity contribution in [3.8, 4) is 0 Å². The molecule has 0 aliphatic rings. The summed E-state index contributed by atoms with van der Waals surface area (Å²) in [5, 5.41) is 3.03. The van der Waals surface area contributed by atoms with Gasteiger partial charge in [0.25, 0.3) is 0 Å². The molecule has 0 aliphatic carbocycles. The van der Waals surface area contributed by atoms with E-state index in [0.29, 0.717) is 0 Å². The molecule has 0 rings (SSSR count). The Morgan fingerprint density at radius 3 is 2.57 bits per heavy atom. The van der Waals surface area contributed by atoms with Crippen molar-refractivity contribution in [2.24, 2.45) is 5.11 Å². The molecule has 0 aromatic heterocycles. The van der Waals surface area contributed by atoms with Gasteiger partial charge in [-0.25, -0.2) is 11.0 Å². The molecule has 0 bridgehead atoms. The highest BCUT2D eigenvalue weighted by Gasteiger charge is 1.80. The van der Waals surface area contributed by atoms with Crippen molar-refractivity contribution in [1.29, 1.82) is 5.53 Å². The lowest BCUT2D eigenvalue weighted by Gasteiger charge is -1.94. The summed E-state index contributed by atoms with van der Waals surface area (Å²) in [4.78, 5) is 0. The van der Waals surface area contributed by atoms with Crippen LogP contribution in [0.5, 0.6) is 0 Å². The summed E-state index contributed by atoms with van der Waals surface area (Å²) in [5.74, 6) is 0. The van der Waals surface area contributed by atoms with Gasteiger partial charge in [-0.05, 0) is 12.2 Å². The van der Waals surface area contributed by atoms with Crippen molar-refractivity contribution < 1.29 is 0 Å². The van der Waals surface area contributed by atoms with Crippen molar-refractivity contribution in [3.63, 3.8) is 0 Å². The molecule has 0 amide bonds. The van der Waals surface area contributed by atoms with Crippen molar-refractivity contribution in [3.05, 3.63) is 0 Å². The average molecular weight is 118 g/mol. The molecule has 0 radical (unpaired) electrons. The Labute approximate surface area is 46.8 Å². The van der Waals surface area contributed by atoms with Gasteiger partial charge in [-0.3, -0.25) is 5.43 Å². The van der Waals surface area contributed by atoms with Gasteiger partial charge in [0.2, 0.25) is 5.11 Å². The fourth-order valence-electron chi connectivity index (χ4n) is 0.135. The van der Waals surface area contributed by atoms with Crippen molar-refractivity contribution in [2.75, 3.05) is 7.05 Å². The summed E-state index contributed by atoms with van der Waals surface area (Å²) < 4.78 is 0. The van der Waals surface area contributed by atoms with E-state index in [1.165, 1.54) is 0 Å². The number of nitrogens with zero attached hydrogens (tertiary/aromatic N) is 1. The second-order valence-electron chi connectivity index (χ2n) is 0.792. The van der Waals surface area contributed by atoms with Crippen LogP contribution in [0.15, 0.2) is 5.11 Å². The highest BCUT2D eigenvalue weighted by molar-refractivity contribution is 7.80. The van der Waals surface area contributed by atoms with Crippen LogP contribution in [-0.2, 0) is 0 Å². The van der Waals surface area contributed by atoms with Gasteiger partial charge in [-0.1, -0.05) is 0 Å². The molecule has 0 aromatic carbocycles. The maximum absolute atomic E-state index is 6.29. The third-order valence-electron chi connectivity index (χ3n) is 0.333. The number of hydrogen-bond acceptors (Lipinski definition) is 3. The molecule has 40 valence electrons. The van der Waals surface area contributed by atoms with E-state index in [-0.39, 0.29) is 5.11 Å². The second kappa shape index (κ2) is 3.63. The largest absolute Gasteiger partial charge is 0.295 e. The first-order valence-corrected chi connectivity index (χ1v) is 2.06. The smallest absolute Gasteiger partial charge is 0.227 e. The van der Waals surface area contributed by atoms with E-state index in [0.717, 1.165) is 0 Å². The van der Waals surface area contributed by atoms with Gasteiger partial charge in [0, 0.05) is 7.05 Å². The lowest BCUT2D eigenvalue weighted by atomic mass is 11.2. The molecule has 0 unspecified atom stereocenters. The zero-order chi connectivity index (χ0) is 5.70. The molecule has 7 heavy (non-hydrogen) atoms. The summed E-state index contributed by atoms with van der Waals surface area (Å²) in [6.45, 7) is 0. The van der Waals surface area contributed by atoms with Crippen LogP contribution in [0.1, 0.15) is 0 Å². The first kappa shape index (κ1) is 6.45. The third-order valence-corrected chi connectivity index (χ3v) is 0.527. The minimum atomic E-state index is 0.141. The highest BCUT2D eigenvalue weighted by atomic mass is 32.1. The maximum Gasteiger partial charge on any atom is 0.227 e. The van der Waals surface area contributed by atoms with Crippen LogP contribution < -0.4 is 10.9 Å². The molecule has 0 saturated carbocycles. The first-order chi connectivity index (χ1) is 3.31. The Balaban J connectivity index is 3.17. The van der Waals surface area contributed by atoms with Crippen LogP contribution in [0.3, 0.4) is 0 Å². The molecule has 3 N–H and O–H groups in total. The van der Waals surface area contributed by atoms with Crippen LogP contribution in [0.4, 0.5) is 0 Å². The van der Waals surface area contributed by atoms with E-state index in [1.807, 2.05) is 0 Å². The van der Waals surface area contributed by atoms with Crippen molar-refractivity contribution in [2.45, 2.75) is 0 Å².